The maximum Gasteiger partial charge on any atom is 0.509 e. The third kappa shape index (κ3) is 6.11. The highest BCUT2D eigenvalue weighted by Crippen LogP contribution is 2.39. The minimum absolute atomic E-state index is 0.121. The van der Waals surface area contributed by atoms with E-state index in [2.05, 4.69) is 0 Å². The van der Waals surface area contributed by atoms with Crippen LogP contribution in [0.4, 0.5) is 10.5 Å². The first kappa shape index (κ1) is 24.3. The fraction of sp³-hybridized carbons (Fsp3) is 0.435. The summed E-state index contributed by atoms with van der Waals surface area (Å²) in [6.07, 6.45) is -3.09. The van der Waals surface area contributed by atoms with Crippen LogP contribution in [0, 0.1) is 10.1 Å². The van der Waals surface area contributed by atoms with Gasteiger partial charge in [-0.05, 0) is 25.5 Å². The number of nitrogens with zero attached hydrogens (tertiary/aromatic N) is 1. The van der Waals surface area contributed by atoms with Gasteiger partial charge in [0.15, 0.2) is 11.5 Å². The average Bonchev–Trinajstić information content (AvgIpc) is 3.16. The number of aliphatic hydroxyl groups is 1. The molecule has 0 bridgehead atoms. The van der Waals surface area contributed by atoms with Crippen LogP contribution in [-0.4, -0.2) is 48.2 Å². The number of carbonyl (C=O) groups is 1. The molecule has 1 aliphatic heterocycles. The number of methoxy groups -OCH3 is 1. The van der Waals surface area contributed by atoms with Crippen LogP contribution in [-0.2, 0) is 20.8 Å². The molecule has 0 spiro atoms. The molecule has 3 rings (SSSR count). The Kier molecular flexibility index (Phi) is 8.07. The van der Waals surface area contributed by atoms with Crippen LogP contribution in [0.2, 0.25) is 0 Å². The van der Waals surface area contributed by atoms with Gasteiger partial charge in [0, 0.05) is 6.42 Å². The van der Waals surface area contributed by atoms with E-state index in [1.54, 1.807) is 6.92 Å². The SMILES string of the molecule is COc1cc(C(C)OC(=O)O[C@@H]2C[C@@H](C)O[C@H]2CO)c([N+](=O)[O-])cc1OCc1ccccc1. The zero-order valence-corrected chi connectivity index (χ0v) is 18.6. The highest BCUT2D eigenvalue weighted by molar-refractivity contribution is 5.62. The zero-order chi connectivity index (χ0) is 24.0. The van der Waals surface area contributed by atoms with E-state index >= 15 is 0 Å². The maximum atomic E-state index is 12.3. The molecule has 2 aromatic carbocycles. The number of ether oxygens (including phenoxy) is 5. The Hall–Kier alpha value is -3.37. The summed E-state index contributed by atoms with van der Waals surface area (Å²) < 4.78 is 27.1. The van der Waals surface area contributed by atoms with E-state index in [4.69, 9.17) is 23.7 Å². The number of nitro benzene ring substituents is 1. The Bertz CT molecular complexity index is 966. The van der Waals surface area contributed by atoms with Crippen molar-refractivity contribution in [2.75, 3.05) is 13.7 Å². The van der Waals surface area contributed by atoms with Crippen molar-refractivity contribution in [3.8, 4) is 11.5 Å². The van der Waals surface area contributed by atoms with Crippen LogP contribution in [0.1, 0.15) is 37.5 Å². The van der Waals surface area contributed by atoms with E-state index in [9.17, 15) is 20.0 Å². The molecule has 10 nitrogen and oxygen atoms in total. The molecule has 0 radical (unpaired) electrons. The first-order chi connectivity index (χ1) is 15.8. The summed E-state index contributed by atoms with van der Waals surface area (Å²) in [5.41, 5.74) is 0.720. The molecule has 1 saturated heterocycles. The highest BCUT2D eigenvalue weighted by Gasteiger charge is 2.36. The molecular formula is C23H27NO9. The maximum absolute atomic E-state index is 12.3. The summed E-state index contributed by atoms with van der Waals surface area (Å²) in [5.74, 6) is 0.447. The van der Waals surface area contributed by atoms with Crippen LogP contribution in [0.5, 0.6) is 11.5 Å². The van der Waals surface area contributed by atoms with Gasteiger partial charge in [0.05, 0.1) is 36.4 Å². The van der Waals surface area contributed by atoms with E-state index in [-0.39, 0.29) is 42.1 Å². The third-order valence-electron chi connectivity index (χ3n) is 5.27. The Morgan fingerprint density at radius 2 is 2.00 bits per heavy atom. The molecular weight excluding hydrogens is 434 g/mol. The second-order valence-electron chi connectivity index (χ2n) is 7.66. The largest absolute Gasteiger partial charge is 0.509 e. The van der Waals surface area contributed by atoms with Gasteiger partial charge < -0.3 is 28.8 Å². The van der Waals surface area contributed by atoms with Crippen molar-refractivity contribution >= 4 is 11.8 Å². The molecule has 1 unspecified atom stereocenters. The molecule has 0 amide bonds. The molecule has 33 heavy (non-hydrogen) atoms. The van der Waals surface area contributed by atoms with Crippen molar-refractivity contribution in [1.82, 2.24) is 0 Å². The van der Waals surface area contributed by atoms with Gasteiger partial charge in [-0.15, -0.1) is 0 Å². The molecule has 0 aromatic heterocycles. The lowest BCUT2D eigenvalue weighted by Gasteiger charge is -2.20. The number of aliphatic hydroxyl groups excluding tert-OH is 1. The molecule has 1 N–H and O–H groups in total. The predicted octanol–water partition coefficient (Wildman–Crippen LogP) is 3.93. The van der Waals surface area contributed by atoms with Crippen molar-refractivity contribution in [3.63, 3.8) is 0 Å². The minimum Gasteiger partial charge on any atom is -0.493 e. The highest BCUT2D eigenvalue weighted by atomic mass is 16.7. The van der Waals surface area contributed by atoms with Gasteiger partial charge in [-0.3, -0.25) is 10.1 Å². The molecule has 4 atom stereocenters. The number of hydrogen-bond donors (Lipinski definition) is 1. The van der Waals surface area contributed by atoms with Gasteiger partial charge in [-0.1, -0.05) is 30.3 Å². The smallest absolute Gasteiger partial charge is 0.493 e. The van der Waals surface area contributed by atoms with Gasteiger partial charge in [0.2, 0.25) is 0 Å². The summed E-state index contributed by atoms with van der Waals surface area (Å²) >= 11 is 0. The van der Waals surface area contributed by atoms with E-state index in [1.165, 1.54) is 26.2 Å². The summed E-state index contributed by atoms with van der Waals surface area (Å²) in [6.45, 7) is 3.19. The zero-order valence-electron chi connectivity index (χ0n) is 18.6. The van der Waals surface area contributed by atoms with E-state index in [1.807, 2.05) is 30.3 Å². The predicted molar refractivity (Wildman–Crippen MR) is 116 cm³/mol. The number of benzene rings is 2. The molecule has 0 saturated carbocycles. The molecule has 1 heterocycles. The van der Waals surface area contributed by atoms with Crippen molar-refractivity contribution in [2.24, 2.45) is 0 Å². The molecule has 1 aliphatic rings. The van der Waals surface area contributed by atoms with E-state index < -0.39 is 29.4 Å². The van der Waals surface area contributed by atoms with Crippen LogP contribution in [0.15, 0.2) is 42.5 Å². The molecule has 2 aromatic rings. The Balaban J connectivity index is 1.75. The fourth-order valence-electron chi connectivity index (χ4n) is 3.62. The fourth-order valence-corrected chi connectivity index (χ4v) is 3.62. The van der Waals surface area contributed by atoms with Crippen LogP contribution in [0.3, 0.4) is 0 Å². The summed E-state index contributed by atoms with van der Waals surface area (Å²) in [6, 6.07) is 12.0. The molecule has 1 fully saturated rings. The topological polar surface area (TPSA) is 127 Å². The van der Waals surface area contributed by atoms with Crippen molar-refractivity contribution in [2.45, 2.75) is 51.3 Å². The van der Waals surface area contributed by atoms with Crippen LogP contribution in [0.25, 0.3) is 0 Å². The van der Waals surface area contributed by atoms with Crippen LogP contribution < -0.4 is 9.47 Å². The van der Waals surface area contributed by atoms with Gasteiger partial charge >= 0.3 is 6.16 Å². The number of rotatable bonds is 9. The van der Waals surface area contributed by atoms with Crippen molar-refractivity contribution in [3.05, 3.63) is 63.7 Å². The standard InChI is InChI=1S/C23H27NO9/c1-14-9-21(22(12-25)31-14)33-23(26)32-15(2)17-10-19(29-3)20(11-18(17)24(27)28)30-13-16-7-5-4-6-8-16/h4-8,10-11,14-15,21-22,25H,9,12-13H2,1-3H3/t14-,15?,21-,22+/m1/s1. The Morgan fingerprint density at radius 3 is 2.64 bits per heavy atom. The van der Waals surface area contributed by atoms with E-state index in [0.717, 1.165) is 5.56 Å². The number of hydrogen-bond acceptors (Lipinski definition) is 9. The summed E-state index contributed by atoms with van der Waals surface area (Å²) in [5, 5.41) is 21.1. The Labute approximate surface area is 191 Å². The monoisotopic (exact) mass is 461 g/mol. The summed E-state index contributed by atoms with van der Waals surface area (Å²) in [4.78, 5) is 23.5. The van der Waals surface area contributed by atoms with Gasteiger partial charge in [-0.2, -0.15) is 0 Å². The molecule has 178 valence electrons. The van der Waals surface area contributed by atoms with Gasteiger partial charge in [0.1, 0.15) is 24.9 Å². The van der Waals surface area contributed by atoms with Crippen molar-refractivity contribution in [1.29, 1.82) is 0 Å². The second kappa shape index (κ2) is 11.0. The molecule has 10 heteroatoms. The van der Waals surface area contributed by atoms with E-state index in [0.29, 0.717) is 6.42 Å². The molecule has 0 aliphatic carbocycles. The lowest BCUT2D eigenvalue weighted by atomic mass is 10.1. The van der Waals surface area contributed by atoms with Crippen LogP contribution >= 0.6 is 0 Å². The summed E-state index contributed by atoms with van der Waals surface area (Å²) in [7, 11) is 1.41. The second-order valence-corrected chi connectivity index (χ2v) is 7.66. The third-order valence-corrected chi connectivity index (χ3v) is 5.27. The number of nitro groups is 1. The lowest BCUT2D eigenvalue weighted by molar-refractivity contribution is -0.386. The lowest BCUT2D eigenvalue weighted by Crippen LogP contribution is -2.30. The first-order valence-electron chi connectivity index (χ1n) is 10.5. The normalized spacial score (nSPS) is 20.7. The first-order valence-corrected chi connectivity index (χ1v) is 10.5. The Morgan fingerprint density at radius 1 is 1.27 bits per heavy atom. The number of carbonyl (C=O) groups excluding carboxylic acids is 1. The quantitative estimate of drug-likeness (QED) is 0.336. The average molecular weight is 461 g/mol. The van der Waals surface area contributed by atoms with Crippen molar-refractivity contribution < 1.29 is 38.5 Å². The van der Waals surface area contributed by atoms with Gasteiger partial charge in [0.25, 0.3) is 5.69 Å². The minimum atomic E-state index is -1.01. The van der Waals surface area contributed by atoms with Gasteiger partial charge in [-0.25, -0.2) is 4.79 Å².